The second kappa shape index (κ2) is 3.95. The Bertz CT molecular complexity index is 241. The molecule has 1 aliphatic rings. The predicted molar refractivity (Wildman–Crippen MR) is 51.2 cm³/mol. The molecule has 0 saturated heterocycles. The van der Waals surface area contributed by atoms with Crippen molar-refractivity contribution in [2.45, 2.75) is 52.1 Å². The van der Waals surface area contributed by atoms with Gasteiger partial charge in [-0.3, -0.25) is 0 Å². The van der Waals surface area contributed by atoms with Gasteiger partial charge in [-0.2, -0.15) is 0 Å². The van der Waals surface area contributed by atoms with E-state index in [0.29, 0.717) is 18.4 Å². The van der Waals surface area contributed by atoms with E-state index in [9.17, 15) is 13.2 Å². The van der Waals surface area contributed by atoms with Crippen LogP contribution in [0, 0.1) is 5.92 Å². The normalized spacial score (nSPS) is 28.3. The van der Waals surface area contributed by atoms with Crippen LogP contribution < -0.4 is 0 Å². The van der Waals surface area contributed by atoms with Crippen LogP contribution in [0.25, 0.3) is 0 Å². The summed E-state index contributed by atoms with van der Waals surface area (Å²) in [7, 11) is 0. The highest BCUT2D eigenvalue weighted by Crippen LogP contribution is 2.47. The van der Waals surface area contributed by atoms with Crippen LogP contribution in [-0.2, 0) is 0 Å². The fraction of sp³-hybridized carbons (Fsp3) is 0.818. The zero-order valence-electron chi connectivity index (χ0n) is 8.91. The van der Waals surface area contributed by atoms with Crippen LogP contribution in [0.15, 0.2) is 11.1 Å². The first-order valence-corrected chi connectivity index (χ1v) is 5.15. The van der Waals surface area contributed by atoms with Crippen molar-refractivity contribution in [3.8, 4) is 0 Å². The molecule has 0 bridgehead atoms. The number of halogens is 3. The van der Waals surface area contributed by atoms with Crippen molar-refractivity contribution < 1.29 is 13.2 Å². The minimum Gasteiger partial charge on any atom is -0.243 e. The zero-order chi connectivity index (χ0) is 10.9. The molecule has 0 N–H and O–H groups in total. The van der Waals surface area contributed by atoms with Gasteiger partial charge in [0, 0.05) is 11.5 Å². The van der Waals surface area contributed by atoms with Crippen molar-refractivity contribution in [1.29, 1.82) is 0 Å². The Morgan fingerprint density at radius 2 is 2.07 bits per heavy atom. The van der Waals surface area contributed by atoms with Crippen LogP contribution in [0.1, 0.15) is 40.0 Å². The Balaban J connectivity index is 3.01. The third-order valence-electron chi connectivity index (χ3n) is 2.92. The van der Waals surface area contributed by atoms with Crippen molar-refractivity contribution in [2.75, 3.05) is 0 Å². The van der Waals surface area contributed by atoms with Crippen LogP contribution in [0.4, 0.5) is 13.2 Å². The minimum absolute atomic E-state index is 0.0579. The maximum Gasteiger partial charge on any atom is 0.272 e. The quantitative estimate of drug-likeness (QED) is 0.609. The zero-order valence-corrected chi connectivity index (χ0v) is 8.91. The summed E-state index contributed by atoms with van der Waals surface area (Å²) < 4.78 is 40.3. The number of allylic oxidation sites excluding steroid dienone is 2. The van der Waals surface area contributed by atoms with Gasteiger partial charge >= 0.3 is 0 Å². The molecule has 82 valence electrons. The Morgan fingerprint density at radius 3 is 2.50 bits per heavy atom. The second-order valence-electron chi connectivity index (χ2n) is 4.10. The third-order valence-corrected chi connectivity index (χ3v) is 2.92. The molecule has 0 saturated carbocycles. The highest BCUT2D eigenvalue weighted by Gasteiger charge is 2.47. The highest BCUT2D eigenvalue weighted by atomic mass is 19.3. The summed E-state index contributed by atoms with van der Waals surface area (Å²) in [4.78, 5) is 0. The first-order chi connectivity index (χ1) is 6.41. The van der Waals surface area contributed by atoms with Crippen molar-refractivity contribution in [3.05, 3.63) is 11.1 Å². The fourth-order valence-corrected chi connectivity index (χ4v) is 2.07. The molecule has 0 aromatic carbocycles. The van der Waals surface area contributed by atoms with Gasteiger partial charge in [-0.15, -0.1) is 0 Å². The van der Waals surface area contributed by atoms with E-state index in [4.69, 9.17) is 0 Å². The van der Waals surface area contributed by atoms with Gasteiger partial charge in [0.2, 0.25) is 0 Å². The Morgan fingerprint density at radius 1 is 1.50 bits per heavy atom. The van der Waals surface area contributed by atoms with Crippen LogP contribution in [0.2, 0.25) is 0 Å². The van der Waals surface area contributed by atoms with Gasteiger partial charge in [-0.1, -0.05) is 20.3 Å². The topological polar surface area (TPSA) is 0 Å². The first-order valence-electron chi connectivity index (χ1n) is 5.15. The first kappa shape index (κ1) is 11.6. The summed E-state index contributed by atoms with van der Waals surface area (Å²) in [5, 5.41) is 0. The van der Waals surface area contributed by atoms with Crippen molar-refractivity contribution in [3.63, 3.8) is 0 Å². The standard InChI is InChI=1S/C11H17F3/c1-4-5-10-9(8(3)12)6-7(2)11(10,13)14/h7-8H,4-6H2,1-3H3. The number of hydrogen-bond acceptors (Lipinski definition) is 0. The average molecular weight is 206 g/mol. The van der Waals surface area contributed by atoms with E-state index in [1.807, 2.05) is 6.92 Å². The molecule has 0 amide bonds. The van der Waals surface area contributed by atoms with Crippen LogP contribution in [0.5, 0.6) is 0 Å². The van der Waals surface area contributed by atoms with Gasteiger partial charge in [0.05, 0.1) is 0 Å². The molecule has 0 spiro atoms. The molecular weight excluding hydrogens is 189 g/mol. The maximum absolute atomic E-state index is 13.6. The van der Waals surface area contributed by atoms with E-state index < -0.39 is 18.0 Å². The SMILES string of the molecule is CCCC1=C(C(C)F)CC(C)C1(F)F. The summed E-state index contributed by atoms with van der Waals surface area (Å²) in [5.41, 5.74) is 0.395. The minimum atomic E-state index is -2.79. The summed E-state index contributed by atoms with van der Waals surface area (Å²) in [5.74, 6) is -3.52. The lowest BCUT2D eigenvalue weighted by atomic mass is 10.00. The second-order valence-corrected chi connectivity index (χ2v) is 4.10. The van der Waals surface area contributed by atoms with Gasteiger partial charge in [0.25, 0.3) is 5.92 Å². The van der Waals surface area contributed by atoms with Gasteiger partial charge in [-0.05, 0) is 25.3 Å². The molecule has 2 atom stereocenters. The van der Waals surface area contributed by atoms with Crippen LogP contribution >= 0.6 is 0 Å². The average Bonchev–Trinajstić information content (AvgIpc) is 2.29. The Labute approximate surface area is 83.2 Å². The molecule has 1 aliphatic carbocycles. The molecule has 0 radical (unpaired) electrons. The van der Waals surface area contributed by atoms with Crippen LogP contribution in [-0.4, -0.2) is 12.1 Å². The summed E-state index contributed by atoms with van der Waals surface area (Å²) in [6.07, 6.45) is -0.0539. The van der Waals surface area contributed by atoms with E-state index in [2.05, 4.69) is 0 Å². The van der Waals surface area contributed by atoms with Crippen molar-refractivity contribution >= 4 is 0 Å². The molecular formula is C11H17F3. The summed E-state index contributed by atoms with van der Waals surface area (Å²) >= 11 is 0. The molecule has 2 unspecified atom stereocenters. The van der Waals surface area contributed by atoms with Crippen molar-refractivity contribution in [2.24, 2.45) is 5.92 Å². The number of alkyl halides is 3. The smallest absolute Gasteiger partial charge is 0.243 e. The fourth-order valence-electron chi connectivity index (χ4n) is 2.07. The largest absolute Gasteiger partial charge is 0.272 e. The van der Waals surface area contributed by atoms with Gasteiger partial charge in [0.15, 0.2) is 0 Å². The van der Waals surface area contributed by atoms with Crippen molar-refractivity contribution in [1.82, 2.24) is 0 Å². The van der Waals surface area contributed by atoms with E-state index in [1.165, 1.54) is 13.8 Å². The molecule has 0 fully saturated rings. The Hall–Kier alpha value is -0.470. The Kier molecular flexibility index (Phi) is 3.28. The molecule has 14 heavy (non-hydrogen) atoms. The predicted octanol–water partition coefficient (Wildman–Crippen LogP) is 4.12. The van der Waals surface area contributed by atoms with E-state index >= 15 is 0 Å². The molecule has 1 rings (SSSR count). The molecule has 0 aliphatic heterocycles. The molecule has 3 heteroatoms. The maximum atomic E-state index is 13.6. The number of rotatable bonds is 3. The monoisotopic (exact) mass is 206 g/mol. The van der Waals surface area contributed by atoms with Gasteiger partial charge in [-0.25, -0.2) is 13.2 Å². The summed E-state index contributed by atoms with van der Waals surface area (Å²) in [6.45, 7) is 4.68. The lowest BCUT2D eigenvalue weighted by Crippen LogP contribution is -2.23. The molecule has 0 aromatic rings. The van der Waals surface area contributed by atoms with E-state index in [0.717, 1.165) is 0 Å². The van der Waals surface area contributed by atoms with Crippen LogP contribution in [0.3, 0.4) is 0 Å². The molecule has 0 aromatic heterocycles. The van der Waals surface area contributed by atoms with E-state index in [1.54, 1.807) is 0 Å². The lowest BCUT2D eigenvalue weighted by molar-refractivity contribution is -0.00399. The third kappa shape index (κ3) is 1.82. The van der Waals surface area contributed by atoms with Gasteiger partial charge in [0.1, 0.15) is 6.17 Å². The highest BCUT2D eigenvalue weighted by molar-refractivity contribution is 5.31. The molecule has 0 heterocycles. The number of hydrogen-bond donors (Lipinski definition) is 0. The van der Waals surface area contributed by atoms with E-state index in [-0.39, 0.29) is 12.0 Å². The molecule has 0 nitrogen and oxygen atoms in total. The van der Waals surface area contributed by atoms with Gasteiger partial charge < -0.3 is 0 Å². The lowest BCUT2D eigenvalue weighted by Gasteiger charge is -2.18. The summed E-state index contributed by atoms with van der Waals surface area (Å²) in [6, 6.07) is 0.